The Bertz CT molecular complexity index is 1360. The molecule has 1 aromatic heterocycles. The van der Waals surface area contributed by atoms with Crippen LogP contribution in [0.3, 0.4) is 0 Å². The second-order valence-electron chi connectivity index (χ2n) is 7.41. The Morgan fingerprint density at radius 1 is 0.938 bits per heavy atom. The number of carboxylic acids is 1. The predicted molar refractivity (Wildman–Crippen MR) is 126 cm³/mol. The Labute approximate surface area is 188 Å². The van der Waals surface area contributed by atoms with Gasteiger partial charge >= 0.3 is 5.97 Å². The zero-order valence-corrected chi connectivity index (χ0v) is 18.3. The lowest BCUT2D eigenvalue weighted by Crippen LogP contribution is -2.01. The molecule has 160 valence electrons. The average molecular weight is 445 g/mol. The van der Waals surface area contributed by atoms with E-state index in [9.17, 15) is 14.7 Å². The van der Waals surface area contributed by atoms with Crippen molar-refractivity contribution in [3.05, 3.63) is 93.9 Å². The van der Waals surface area contributed by atoms with Crippen LogP contribution < -0.4 is 4.74 Å². The third-order valence-corrected chi connectivity index (χ3v) is 6.25. The number of rotatable bonds is 6. The second-order valence-corrected chi connectivity index (χ2v) is 8.46. The number of carboxylic acid groups (broad SMARTS) is 1. The van der Waals surface area contributed by atoms with E-state index >= 15 is 0 Å². The van der Waals surface area contributed by atoms with Crippen molar-refractivity contribution < 1.29 is 24.5 Å². The minimum absolute atomic E-state index is 0.116. The minimum atomic E-state index is -1.02. The highest BCUT2D eigenvalue weighted by atomic mass is 32.1. The molecule has 0 aliphatic heterocycles. The molecular weight excluding hydrogens is 424 g/mol. The number of hydrogen-bond donors (Lipinski definition) is 2. The summed E-state index contributed by atoms with van der Waals surface area (Å²) in [6.07, 6.45) is 2.55. The van der Waals surface area contributed by atoms with Crippen LogP contribution in [0.5, 0.6) is 17.2 Å². The lowest BCUT2D eigenvalue weighted by Gasteiger charge is -2.09. The summed E-state index contributed by atoms with van der Waals surface area (Å²) in [4.78, 5) is 24.5. The van der Waals surface area contributed by atoms with Crippen LogP contribution in [-0.2, 0) is 4.79 Å². The van der Waals surface area contributed by atoms with E-state index in [1.165, 1.54) is 17.4 Å². The summed E-state index contributed by atoms with van der Waals surface area (Å²) in [7, 11) is 0. The van der Waals surface area contributed by atoms with Crippen LogP contribution in [0.25, 0.3) is 16.2 Å². The first-order valence-corrected chi connectivity index (χ1v) is 10.7. The maximum absolute atomic E-state index is 13.4. The number of thiophene rings is 1. The summed E-state index contributed by atoms with van der Waals surface area (Å²) in [6, 6.07) is 17.4. The molecular formula is C26H20O5S. The number of ether oxygens (including phenoxy) is 1. The van der Waals surface area contributed by atoms with Crippen molar-refractivity contribution in [1.29, 1.82) is 0 Å². The molecule has 4 rings (SSSR count). The van der Waals surface area contributed by atoms with Gasteiger partial charge in [0.2, 0.25) is 5.78 Å². The van der Waals surface area contributed by atoms with E-state index in [0.717, 1.165) is 27.3 Å². The van der Waals surface area contributed by atoms with Gasteiger partial charge < -0.3 is 14.9 Å². The number of hydrogen-bond acceptors (Lipinski definition) is 5. The molecule has 32 heavy (non-hydrogen) atoms. The quantitative estimate of drug-likeness (QED) is 0.268. The summed E-state index contributed by atoms with van der Waals surface area (Å²) in [5, 5.41) is 19.4. The van der Waals surface area contributed by atoms with Crippen molar-refractivity contribution in [2.45, 2.75) is 13.8 Å². The topological polar surface area (TPSA) is 83.8 Å². The first kappa shape index (κ1) is 21.3. The fourth-order valence-corrected chi connectivity index (χ4v) is 4.38. The number of aryl methyl sites for hydroxylation is 2. The van der Waals surface area contributed by atoms with Crippen LogP contribution in [0.15, 0.2) is 66.7 Å². The summed E-state index contributed by atoms with van der Waals surface area (Å²) in [5.41, 5.74) is 3.42. The molecule has 0 aliphatic rings. The normalized spacial score (nSPS) is 11.2. The van der Waals surface area contributed by atoms with Crippen molar-refractivity contribution in [2.75, 3.05) is 0 Å². The zero-order valence-electron chi connectivity index (χ0n) is 17.5. The molecule has 0 unspecified atom stereocenters. The van der Waals surface area contributed by atoms with Gasteiger partial charge in [-0.15, -0.1) is 11.3 Å². The van der Waals surface area contributed by atoms with Crippen LogP contribution in [0.1, 0.15) is 31.9 Å². The molecule has 0 amide bonds. The molecule has 6 heteroatoms. The molecule has 3 aromatic carbocycles. The highest BCUT2D eigenvalue weighted by Gasteiger charge is 2.22. The average Bonchev–Trinajstić information content (AvgIpc) is 3.11. The number of ketones is 1. The van der Waals surface area contributed by atoms with Crippen LogP contribution in [-0.4, -0.2) is 22.0 Å². The summed E-state index contributed by atoms with van der Waals surface area (Å²) >= 11 is 1.27. The van der Waals surface area contributed by atoms with Crippen molar-refractivity contribution in [3.63, 3.8) is 0 Å². The molecule has 0 saturated heterocycles. The molecule has 0 aliphatic carbocycles. The third-order valence-electron chi connectivity index (χ3n) is 5.12. The van der Waals surface area contributed by atoms with Crippen molar-refractivity contribution in [3.8, 4) is 17.2 Å². The number of aromatic hydroxyl groups is 1. The van der Waals surface area contributed by atoms with Gasteiger partial charge in [-0.2, -0.15) is 0 Å². The maximum Gasteiger partial charge on any atom is 0.328 e. The number of aliphatic carboxylic acids is 1. The van der Waals surface area contributed by atoms with Gasteiger partial charge in [0.1, 0.15) is 16.4 Å². The third kappa shape index (κ3) is 4.40. The van der Waals surface area contributed by atoms with Crippen LogP contribution >= 0.6 is 11.3 Å². The summed E-state index contributed by atoms with van der Waals surface area (Å²) < 4.78 is 6.89. The minimum Gasteiger partial charge on any atom is -0.508 e. The number of phenols is 1. The van der Waals surface area contributed by atoms with E-state index in [1.807, 2.05) is 26.0 Å². The number of benzene rings is 3. The fourth-order valence-electron chi connectivity index (χ4n) is 3.26. The van der Waals surface area contributed by atoms with Crippen LogP contribution in [0, 0.1) is 13.8 Å². The van der Waals surface area contributed by atoms with E-state index in [0.29, 0.717) is 27.5 Å². The summed E-state index contributed by atoms with van der Waals surface area (Å²) in [6.45, 7) is 3.96. The predicted octanol–water partition coefficient (Wildman–Crippen LogP) is 6.34. The largest absolute Gasteiger partial charge is 0.508 e. The monoisotopic (exact) mass is 444 g/mol. The van der Waals surface area contributed by atoms with E-state index in [2.05, 4.69) is 0 Å². The van der Waals surface area contributed by atoms with Gasteiger partial charge in [-0.25, -0.2) is 4.79 Å². The first-order chi connectivity index (χ1) is 15.3. The summed E-state index contributed by atoms with van der Waals surface area (Å²) in [5.74, 6) is -0.107. The molecule has 0 atom stereocenters. The van der Waals surface area contributed by atoms with E-state index in [-0.39, 0.29) is 11.5 Å². The number of fused-ring (bicyclic) bond motifs is 1. The van der Waals surface area contributed by atoms with Gasteiger partial charge in [-0.3, -0.25) is 4.79 Å². The molecule has 5 nitrogen and oxygen atoms in total. The second kappa shape index (κ2) is 8.69. The Kier molecular flexibility index (Phi) is 5.79. The lowest BCUT2D eigenvalue weighted by atomic mass is 10.0. The lowest BCUT2D eigenvalue weighted by molar-refractivity contribution is -0.131. The Morgan fingerprint density at radius 2 is 1.69 bits per heavy atom. The maximum atomic E-state index is 13.4. The van der Waals surface area contributed by atoms with Crippen LogP contribution in [0.2, 0.25) is 0 Å². The SMILES string of the molecule is Cc1ccc(C(=O)c2sc3cc(O)ccc3c2Oc2ccc(/C=C/C(=O)O)cc2)cc1C. The van der Waals surface area contributed by atoms with Gasteiger partial charge in [-0.05, 0) is 73.0 Å². The molecule has 2 N–H and O–H groups in total. The smallest absolute Gasteiger partial charge is 0.328 e. The van der Waals surface area contributed by atoms with Gasteiger partial charge in [0.15, 0.2) is 5.75 Å². The van der Waals surface area contributed by atoms with Gasteiger partial charge in [0, 0.05) is 21.7 Å². The van der Waals surface area contributed by atoms with Gasteiger partial charge in [0.05, 0.1) is 0 Å². The van der Waals surface area contributed by atoms with Crippen LogP contribution in [0.4, 0.5) is 0 Å². The van der Waals surface area contributed by atoms with Gasteiger partial charge in [-0.1, -0.05) is 24.3 Å². The standard InChI is InChI=1S/C26H20O5S/c1-15-3-7-18(13-16(15)2)24(30)26-25(21-11-8-19(27)14-22(21)32-26)31-20-9-4-17(5-10-20)6-12-23(28)29/h3-14,27H,1-2H3,(H,28,29)/b12-6+. The molecule has 0 radical (unpaired) electrons. The van der Waals surface area contributed by atoms with E-state index in [4.69, 9.17) is 9.84 Å². The Morgan fingerprint density at radius 3 is 2.38 bits per heavy atom. The Hall–Kier alpha value is -3.90. The van der Waals surface area contributed by atoms with Crippen molar-refractivity contribution >= 4 is 39.3 Å². The Balaban J connectivity index is 1.75. The molecule has 4 aromatic rings. The number of phenolic OH excluding ortho intramolecular Hbond substituents is 1. The molecule has 1 heterocycles. The van der Waals surface area contributed by atoms with Crippen molar-refractivity contribution in [1.82, 2.24) is 0 Å². The first-order valence-electron chi connectivity index (χ1n) is 9.88. The van der Waals surface area contributed by atoms with E-state index in [1.54, 1.807) is 48.5 Å². The fraction of sp³-hybridized carbons (Fsp3) is 0.0769. The zero-order chi connectivity index (χ0) is 22.8. The molecule has 0 saturated carbocycles. The number of carbonyl (C=O) groups is 2. The van der Waals surface area contributed by atoms with Gasteiger partial charge in [0.25, 0.3) is 0 Å². The molecule has 0 spiro atoms. The van der Waals surface area contributed by atoms with Crippen molar-refractivity contribution in [2.24, 2.45) is 0 Å². The number of carbonyl (C=O) groups excluding carboxylic acids is 1. The highest BCUT2D eigenvalue weighted by Crippen LogP contribution is 2.42. The van der Waals surface area contributed by atoms with E-state index < -0.39 is 5.97 Å². The molecule has 0 bridgehead atoms. The molecule has 0 fully saturated rings. The highest BCUT2D eigenvalue weighted by molar-refractivity contribution is 7.21.